The molecule has 0 aromatic rings. The Hall–Kier alpha value is -1.06. The van der Waals surface area contributed by atoms with E-state index in [-0.39, 0.29) is 17.4 Å². The monoisotopic (exact) mass is 240 g/mol. The minimum atomic E-state index is -0.227. The number of nitrogens with one attached hydrogen (secondary N) is 1. The van der Waals surface area contributed by atoms with Gasteiger partial charge in [0.25, 0.3) is 0 Å². The molecule has 4 nitrogen and oxygen atoms in total. The number of hydrogen-bond acceptors (Lipinski definition) is 2. The Morgan fingerprint density at radius 1 is 1.24 bits per heavy atom. The lowest BCUT2D eigenvalue weighted by atomic mass is 10.0. The molecule has 0 radical (unpaired) electrons. The van der Waals surface area contributed by atoms with E-state index in [1.807, 2.05) is 25.7 Å². The lowest BCUT2D eigenvalue weighted by molar-refractivity contribution is -0.131. The van der Waals surface area contributed by atoms with Crippen molar-refractivity contribution in [1.29, 1.82) is 0 Å². The zero-order valence-corrected chi connectivity index (χ0v) is 11.2. The molecule has 1 heterocycles. The van der Waals surface area contributed by atoms with Crippen LogP contribution in [-0.4, -0.2) is 35.3 Å². The van der Waals surface area contributed by atoms with Crippen molar-refractivity contribution in [1.82, 2.24) is 10.2 Å². The van der Waals surface area contributed by atoms with Gasteiger partial charge in [-0.05, 0) is 26.2 Å². The van der Waals surface area contributed by atoms with E-state index in [0.29, 0.717) is 19.4 Å². The second kappa shape index (κ2) is 6.03. The smallest absolute Gasteiger partial charge is 0.222 e. The number of likely N-dealkylation sites (tertiary alicyclic amines) is 1. The first-order valence-electron chi connectivity index (χ1n) is 6.59. The van der Waals surface area contributed by atoms with Crippen LogP contribution >= 0.6 is 0 Å². The SMILES string of the molecule is CCCC(=O)NC1(C)CCN(C(=O)CCC)C1. The molecule has 1 atom stereocenters. The van der Waals surface area contributed by atoms with E-state index in [9.17, 15) is 9.59 Å². The van der Waals surface area contributed by atoms with Gasteiger partial charge in [0.2, 0.25) is 11.8 Å². The highest BCUT2D eigenvalue weighted by Gasteiger charge is 2.36. The van der Waals surface area contributed by atoms with Crippen molar-refractivity contribution in [3.05, 3.63) is 0 Å². The second-order valence-corrected chi connectivity index (χ2v) is 5.17. The molecule has 2 amide bonds. The Morgan fingerprint density at radius 2 is 1.88 bits per heavy atom. The van der Waals surface area contributed by atoms with E-state index in [2.05, 4.69) is 5.32 Å². The molecule has 0 spiro atoms. The van der Waals surface area contributed by atoms with Crippen LogP contribution in [0.5, 0.6) is 0 Å². The van der Waals surface area contributed by atoms with Gasteiger partial charge in [-0.1, -0.05) is 13.8 Å². The van der Waals surface area contributed by atoms with Crippen molar-refractivity contribution < 1.29 is 9.59 Å². The van der Waals surface area contributed by atoms with Crippen molar-refractivity contribution in [3.63, 3.8) is 0 Å². The van der Waals surface area contributed by atoms with Crippen LogP contribution < -0.4 is 5.32 Å². The lowest BCUT2D eigenvalue weighted by Crippen LogP contribution is -2.48. The van der Waals surface area contributed by atoms with E-state index >= 15 is 0 Å². The van der Waals surface area contributed by atoms with Gasteiger partial charge < -0.3 is 10.2 Å². The van der Waals surface area contributed by atoms with Crippen LogP contribution in [0.15, 0.2) is 0 Å². The molecule has 4 heteroatoms. The largest absolute Gasteiger partial charge is 0.349 e. The molecule has 1 aliphatic heterocycles. The summed E-state index contributed by atoms with van der Waals surface area (Å²) in [5.41, 5.74) is -0.227. The van der Waals surface area contributed by atoms with Gasteiger partial charge in [-0.2, -0.15) is 0 Å². The molecule has 0 bridgehead atoms. The van der Waals surface area contributed by atoms with E-state index < -0.39 is 0 Å². The van der Waals surface area contributed by atoms with Gasteiger partial charge >= 0.3 is 0 Å². The summed E-state index contributed by atoms with van der Waals surface area (Å²) in [5.74, 6) is 0.306. The van der Waals surface area contributed by atoms with Gasteiger partial charge in [0.1, 0.15) is 0 Å². The molecule has 1 saturated heterocycles. The van der Waals surface area contributed by atoms with Gasteiger partial charge in [-0.3, -0.25) is 9.59 Å². The lowest BCUT2D eigenvalue weighted by Gasteiger charge is -2.26. The van der Waals surface area contributed by atoms with Crippen LogP contribution in [-0.2, 0) is 9.59 Å². The third kappa shape index (κ3) is 4.02. The average Bonchev–Trinajstić information content (AvgIpc) is 2.61. The predicted molar refractivity (Wildman–Crippen MR) is 67.6 cm³/mol. The maximum atomic E-state index is 11.8. The fourth-order valence-electron chi connectivity index (χ4n) is 2.27. The van der Waals surface area contributed by atoms with Crippen molar-refractivity contribution in [3.8, 4) is 0 Å². The number of carbonyl (C=O) groups is 2. The van der Waals surface area contributed by atoms with Crippen LogP contribution in [0.25, 0.3) is 0 Å². The molecular formula is C13H24N2O2. The van der Waals surface area contributed by atoms with Gasteiger partial charge in [0.05, 0.1) is 5.54 Å². The Bertz CT molecular complexity index is 291. The normalized spacial score (nSPS) is 23.8. The highest BCUT2D eigenvalue weighted by atomic mass is 16.2. The maximum absolute atomic E-state index is 11.8. The van der Waals surface area contributed by atoms with Crippen molar-refractivity contribution in [2.45, 2.75) is 58.4 Å². The Labute approximate surface area is 104 Å². The molecule has 98 valence electrons. The number of nitrogens with zero attached hydrogens (tertiary/aromatic N) is 1. The second-order valence-electron chi connectivity index (χ2n) is 5.17. The maximum Gasteiger partial charge on any atom is 0.222 e. The van der Waals surface area contributed by atoms with Crippen molar-refractivity contribution >= 4 is 11.8 Å². The average molecular weight is 240 g/mol. The highest BCUT2D eigenvalue weighted by Crippen LogP contribution is 2.21. The summed E-state index contributed by atoms with van der Waals surface area (Å²) in [6, 6.07) is 0. The Morgan fingerprint density at radius 3 is 2.47 bits per heavy atom. The molecule has 1 aliphatic rings. The number of hydrogen-bond donors (Lipinski definition) is 1. The number of amides is 2. The molecule has 0 aromatic heterocycles. The first-order valence-corrected chi connectivity index (χ1v) is 6.59. The first-order chi connectivity index (χ1) is 8.00. The number of rotatable bonds is 5. The summed E-state index contributed by atoms with van der Waals surface area (Å²) in [6.45, 7) is 7.45. The summed E-state index contributed by atoms with van der Waals surface area (Å²) >= 11 is 0. The Balaban J connectivity index is 2.47. The zero-order chi connectivity index (χ0) is 12.9. The predicted octanol–water partition coefficient (Wildman–Crippen LogP) is 1.69. The fraction of sp³-hybridized carbons (Fsp3) is 0.846. The molecular weight excluding hydrogens is 216 g/mol. The molecule has 0 aromatic carbocycles. The highest BCUT2D eigenvalue weighted by molar-refractivity contribution is 5.78. The van der Waals surface area contributed by atoms with Crippen LogP contribution in [0.1, 0.15) is 52.9 Å². The number of carbonyl (C=O) groups excluding carboxylic acids is 2. The van der Waals surface area contributed by atoms with Crippen LogP contribution in [0, 0.1) is 0 Å². The van der Waals surface area contributed by atoms with Crippen molar-refractivity contribution in [2.75, 3.05) is 13.1 Å². The summed E-state index contributed by atoms with van der Waals surface area (Å²) < 4.78 is 0. The zero-order valence-electron chi connectivity index (χ0n) is 11.2. The minimum Gasteiger partial charge on any atom is -0.349 e. The van der Waals surface area contributed by atoms with E-state index in [4.69, 9.17) is 0 Å². The summed E-state index contributed by atoms with van der Waals surface area (Å²) in [5, 5.41) is 3.05. The molecule has 17 heavy (non-hydrogen) atoms. The van der Waals surface area contributed by atoms with Gasteiger partial charge in [0.15, 0.2) is 0 Å². The topological polar surface area (TPSA) is 49.4 Å². The third-order valence-corrected chi connectivity index (χ3v) is 3.21. The van der Waals surface area contributed by atoms with Gasteiger partial charge in [-0.15, -0.1) is 0 Å². The van der Waals surface area contributed by atoms with Crippen molar-refractivity contribution in [2.24, 2.45) is 0 Å². The van der Waals surface area contributed by atoms with Crippen LogP contribution in [0.2, 0.25) is 0 Å². The molecule has 0 saturated carbocycles. The van der Waals surface area contributed by atoms with Crippen LogP contribution in [0.3, 0.4) is 0 Å². The van der Waals surface area contributed by atoms with Crippen LogP contribution in [0.4, 0.5) is 0 Å². The molecule has 0 aliphatic carbocycles. The summed E-state index contributed by atoms with van der Waals surface area (Å²) in [6.07, 6.45) is 3.78. The first kappa shape index (κ1) is 14.0. The van der Waals surface area contributed by atoms with Gasteiger partial charge in [0, 0.05) is 25.9 Å². The molecule has 1 N–H and O–H groups in total. The molecule has 1 rings (SSSR count). The Kier molecular flexibility index (Phi) is 4.97. The minimum absolute atomic E-state index is 0.0970. The summed E-state index contributed by atoms with van der Waals surface area (Å²) in [4.78, 5) is 25.2. The molecule has 1 fully saturated rings. The quantitative estimate of drug-likeness (QED) is 0.795. The third-order valence-electron chi connectivity index (χ3n) is 3.21. The van der Waals surface area contributed by atoms with E-state index in [1.165, 1.54) is 0 Å². The standard InChI is InChI=1S/C13H24N2O2/c1-4-6-11(16)14-13(3)8-9-15(10-13)12(17)7-5-2/h4-10H2,1-3H3,(H,14,16). The van der Waals surface area contributed by atoms with E-state index in [0.717, 1.165) is 25.8 Å². The van der Waals surface area contributed by atoms with E-state index in [1.54, 1.807) is 0 Å². The van der Waals surface area contributed by atoms with Gasteiger partial charge in [-0.25, -0.2) is 0 Å². The summed E-state index contributed by atoms with van der Waals surface area (Å²) in [7, 11) is 0. The fourth-order valence-corrected chi connectivity index (χ4v) is 2.27. The molecule has 1 unspecified atom stereocenters.